The van der Waals surface area contributed by atoms with Crippen LogP contribution in [0.5, 0.6) is 11.5 Å². The molecule has 0 atom stereocenters. The number of benzene rings is 3. The van der Waals surface area contributed by atoms with E-state index in [-0.39, 0.29) is 5.57 Å². The lowest BCUT2D eigenvalue weighted by Crippen LogP contribution is -2.54. The molecular weight excluding hydrogens is 592 g/mol. The number of urea groups is 1. The standard InChI is InChI=1S/C27H22Br2N2O5/c1-3-36-24-14-16(13-23(29)20(24)15-17-6-4-5-7-22(17)28)12-21-25(32)30-27(34)31(26(21)33)18-8-10-19(35-2)11-9-18/h4-14H,3,15H2,1-2H3,(H,30,32,34)/b21-12+. The van der Waals surface area contributed by atoms with Gasteiger partial charge in [0.1, 0.15) is 17.1 Å². The maximum Gasteiger partial charge on any atom is 0.335 e. The SMILES string of the molecule is CCOc1cc(/C=C2\C(=O)NC(=O)N(c3ccc(OC)cc3)C2=O)cc(Br)c1Cc1ccccc1Br. The third-order valence-electron chi connectivity index (χ3n) is 5.55. The minimum absolute atomic E-state index is 0.168. The van der Waals surface area contributed by atoms with Gasteiger partial charge in [0.25, 0.3) is 11.8 Å². The number of amides is 4. The number of hydrogen-bond donors (Lipinski definition) is 1. The summed E-state index contributed by atoms with van der Waals surface area (Å²) in [5.41, 5.74) is 2.74. The van der Waals surface area contributed by atoms with E-state index >= 15 is 0 Å². The highest BCUT2D eigenvalue weighted by molar-refractivity contribution is 9.10. The Hall–Kier alpha value is -3.43. The minimum atomic E-state index is -0.813. The van der Waals surface area contributed by atoms with Crippen molar-refractivity contribution in [2.24, 2.45) is 0 Å². The van der Waals surface area contributed by atoms with Crippen LogP contribution in [0.2, 0.25) is 0 Å². The van der Waals surface area contributed by atoms with E-state index in [0.29, 0.717) is 35.8 Å². The zero-order valence-electron chi connectivity index (χ0n) is 19.5. The second-order valence-corrected chi connectivity index (χ2v) is 9.55. The molecule has 9 heteroatoms. The van der Waals surface area contributed by atoms with Gasteiger partial charge in [-0.15, -0.1) is 0 Å². The summed E-state index contributed by atoms with van der Waals surface area (Å²) in [6, 6.07) is 17.1. The van der Waals surface area contributed by atoms with Crippen molar-refractivity contribution < 1.29 is 23.9 Å². The molecule has 1 fully saturated rings. The molecule has 1 aliphatic heterocycles. The Morgan fingerprint density at radius 1 is 0.972 bits per heavy atom. The van der Waals surface area contributed by atoms with Crippen LogP contribution < -0.4 is 19.7 Å². The van der Waals surface area contributed by atoms with Gasteiger partial charge in [0, 0.05) is 20.9 Å². The molecule has 1 N–H and O–H groups in total. The summed E-state index contributed by atoms with van der Waals surface area (Å²) in [6.45, 7) is 2.33. The van der Waals surface area contributed by atoms with E-state index in [1.807, 2.05) is 37.3 Å². The number of nitrogens with zero attached hydrogens (tertiary/aromatic N) is 1. The molecule has 0 radical (unpaired) electrons. The third-order valence-corrected chi connectivity index (χ3v) is 7.03. The molecule has 3 aromatic rings. The number of carbonyl (C=O) groups excluding carboxylic acids is 3. The van der Waals surface area contributed by atoms with Crippen LogP contribution in [0.4, 0.5) is 10.5 Å². The fourth-order valence-electron chi connectivity index (χ4n) is 3.79. The van der Waals surface area contributed by atoms with Gasteiger partial charge in [-0.2, -0.15) is 0 Å². The van der Waals surface area contributed by atoms with Crippen LogP contribution in [0.3, 0.4) is 0 Å². The van der Waals surface area contributed by atoms with Gasteiger partial charge in [0.2, 0.25) is 0 Å². The molecule has 184 valence electrons. The number of ether oxygens (including phenoxy) is 2. The van der Waals surface area contributed by atoms with E-state index in [9.17, 15) is 14.4 Å². The molecular formula is C27H22Br2N2O5. The highest BCUT2D eigenvalue weighted by Crippen LogP contribution is 2.34. The van der Waals surface area contributed by atoms with Gasteiger partial charge in [-0.3, -0.25) is 14.9 Å². The van der Waals surface area contributed by atoms with Crippen molar-refractivity contribution in [3.63, 3.8) is 0 Å². The zero-order valence-corrected chi connectivity index (χ0v) is 22.7. The largest absolute Gasteiger partial charge is 0.497 e. The second kappa shape index (κ2) is 11.1. The summed E-state index contributed by atoms with van der Waals surface area (Å²) in [6.07, 6.45) is 2.06. The van der Waals surface area contributed by atoms with E-state index in [1.54, 1.807) is 30.3 Å². The number of rotatable bonds is 7. The number of imide groups is 2. The van der Waals surface area contributed by atoms with E-state index in [2.05, 4.69) is 37.2 Å². The number of carbonyl (C=O) groups is 3. The van der Waals surface area contributed by atoms with Gasteiger partial charge in [0.15, 0.2) is 0 Å². The van der Waals surface area contributed by atoms with Gasteiger partial charge in [-0.1, -0.05) is 50.1 Å². The summed E-state index contributed by atoms with van der Waals surface area (Å²) < 4.78 is 12.8. The van der Waals surface area contributed by atoms with E-state index in [1.165, 1.54) is 13.2 Å². The molecule has 36 heavy (non-hydrogen) atoms. The Balaban J connectivity index is 1.71. The van der Waals surface area contributed by atoms with Crippen LogP contribution in [0, 0.1) is 0 Å². The maximum absolute atomic E-state index is 13.2. The summed E-state index contributed by atoms with van der Waals surface area (Å²) in [5.74, 6) is -0.283. The van der Waals surface area contributed by atoms with Gasteiger partial charge in [0.05, 0.1) is 19.4 Å². The molecule has 7 nitrogen and oxygen atoms in total. The lowest BCUT2D eigenvalue weighted by molar-refractivity contribution is -0.122. The Kier molecular flexibility index (Phi) is 7.91. The molecule has 3 aromatic carbocycles. The van der Waals surface area contributed by atoms with Crippen molar-refractivity contribution in [1.82, 2.24) is 5.32 Å². The first-order chi connectivity index (χ1) is 17.3. The molecule has 0 unspecified atom stereocenters. The number of nitrogens with one attached hydrogen (secondary N) is 1. The van der Waals surface area contributed by atoms with Crippen LogP contribution in [-0.2, 0) is 16.0 Å². The summed E-state index contributed by atoms with van der Waals surface area (Å²) in [5, 5.41) is 2.24. The average Bonchev–Trinajstić information content (AvgIpc) is 2.85. The van der Waals surface area contributed by atoms with Crippen molar-refractivity contribution in [2.75, 3.05) is 18.6 Å². The lowest BCUT2D eigenvalue weighted by Gasteiger charge is -2.26. The maximum atomic E-state index is 13.2. The minimum Gasteiger partial charge on any atom is -0.497 e. The first-order valence-corrected chi connectivity index (χ1v) is 12.6. The van der Waals surface area contributed by atoms with Crippen LogP contribution in [0.1, 0.15) is 23.6 Å². The molecule has 0 spiro atoms. The summed E-state index contributed by atoms with van der Waals surface area (Å²) >= 11 is 7.22. The third kappa shape index (κ3) is 5.37. The Morgan fingerprint density at radius 2 is 1.69 bits per heavy atom. The van der Waals surface area contributed by atoms with Crippen molar-refractivity contribution >= 4 is 61.5 Å². The van der Waals surface area contributed by atoms with Crippen LogP contribution in [-0.4, -0.2) is 31.6 Å². The van der Waals surface area contributed by atoms with Gasteiger partial charge in [-0.05, 0) is 66.6 Å². The van der Waals surface area contributed by atoms with Crippen molar-refractivity contribution in [1.29, 1.82) is 0 Å². The molecule has 0 aliphatic carbocycles. The number of methoxy groups -OCH3 is 1. The monoisotopic (exact) mass is 612 g/mol. The van der Waals surface area contributed by atoms with Crippen LogP contribution in [0.25, 0.3) is 6.08 Å². The molecule has 0 bridgehead atoms. The van der Waals surface area contributed by atoms with Gasteiger partial charge < -0.3 is 9.47 Å². The van der Waals surface area contributed by atoms with Crippen molar-refractivity contribution in [3.05, 3.63) is 91.9 Å². The Morgan fingerprint density at radius 3 is 2.36 bits per heavy atom. The fourth-order valence-corrected chi connectivity index (χ4v) is 4.82. The summed E-state index contributed by atoms with van der Waals surface area (Å²) in [7, 11) is 1.52. The highest BCUT2D eigenvalue weighted by atomic mass is 79.9. The van der Waals surface area contributed by atoms with Gasteiger partial charge >= 0.3 is 6.03 Å². The molecule has 4 amide bonds. The molecule has 1 aliphatic rings. The lowest BCUT2D eigenvalue weighted by atomic mass is 10.0. The average molecular weight is 614 g/mol. The first-order valence-electron chi connectivity index (χ1n) is 11.1. The summed E-state index contributed by atoms with van der Waals surface area (Å²) in [4.78, 5) is 39.3. The van der Waals surface area contributed by atoms with Gasteiger partial charge in [-0.25, -0.2) is 9.69 Å². The van der Waals surface area contributed by atoms with E-state index < -0.39 is 17.8 Å². The second-order valence-electron chi connectivity index (χ2n) is 7.84. The Labute approximate surface area is 225 Å². The van der Waals surface area contributed by atoms with E-state index in [4.69, 9.17) is 9.47 Å². The predicted octanol–water partition coefficient (Wildman–Crippen LogP) is 5.88. The fraction of sp³-hybridized carbons (Fsp3) is 0.148. The zero-order chi connectivity index (χ0) is 25.8. The molecule has 4 rings (SSSR count). The normalized spacial score (nSPS) is 14.7. The number of halogens is 2. The number of barbiturate groups is 1. The van der Waals surface area contributed by atoms with Crippen molar-refractivity contribution in [2.45, 2.75) is 13.3 Å². The molecule has 1 heterocycles. The first kappa shape index (κ1) is 25.7. The Bertz CT molecular complexity index is 1370. The van der Waals surface area contributed by atoms with Crippen LogP contribution in [0.15, 0.2) is 75.2 Å². The predicted molar refractivity (Wildman–Crippen MR) is 144 cm³/mol. The van der Waals surface area contributed by atoms with Crippen molar-refractivity contribution in [3.8, 4) is 11.5 Å². The quantitative estimate of drug-likeness (QED) is 0.266. The number of anilines is 1. The molecule has 1 saturated heterocycles. The topological polar surface area (TPSA) is 84.9 Å². The van der Waals surface area contributed by atoms with E-state index in [0.717, 1.165) is 25.0 Å². The molecule has 0 saturated carbocycles. The smallest absolute Gasteiger partial charge is 0.335 e. The molecule has 0 aromatic heterocycles. The van der Waals surface area contributed by atoms with Crippen LogP contribution >= 0.6 is 31.9 Å². The highest BCUT2D eigenvalue weighted by Gasteiger charge is 2.36. The number of hydrogen-bond acceptors (Lipinski definition) is 5.